The van der Waals surface area contributed by atoms with Crippen LogP contribution in [-0.2, 0) is 27.4 Å². The van der Waals surface area contributed by atoms with E-state index in [1.807, 2.05) is 6.07 Å². The third-order valence-corrected chi connectivity index (χ3v) is 3.23. The Balaban J connectivity index is 1.86. The van der Waals surface area contributed by atoms with E-state index in [0.29, 0.717) is 12.2 Å². The number of nitrogens with one attached hydrogen (secondary N) is 2. The Labute approximate surface area is 140 Å². The Morgan fingerprint density at radius 3 is 2.92 bits per heavy atom. The van der Waals surface area contributed by atoms with Gasteiger partial charge in [0, 0.05) is 31.7 Å². The maximum Gasteiger partial charge on any atom is 0.246 e. The molecule has 0 aliphatic heterocycles. The summed E-state index contributed by atoms with van der Waals surface area (Å²) in [6.45, 7) is 0.619. The summed E-state index contributed by atoms with van der Waals surface area (Å²) < 4.78 is 6.38. The zero-order valence-corrected chi connectivity index (χ0v) is 13.4. The molecule has 8 heteroatoms. The summed E-state index contributed by atoms with van der Waals surface area (Å²) in [6, 6.07) is 8.29. The van der Waals surface area contributed by atoms with Gasteiger partial charge < -0.3 is 21.1 Å². The van der Waals surface area contributed by atoms with Crippen molar-refractivity contribution in [3.63, 3.8) is 0 Å². The molecule has 0 aliphatic rings. The highest BCUT2D eigenvalue weighted by molar-refractivity contribution is 5.90. The van der Waals surface area contributed by atoms with E-state index in [4.69, 9.17) is 10.5 Å². The number of amides is 2. The summed E-state index contributed by atoms with van der Waals surface area (Å²) in [7, 11) is 1.49. The first-order chi connectivity index (χ1) is 11.6. The van der Waals surface area contributed by atoms with Crippen LogP contribution in [0, 0.1) is 0 Å². The maximum atomic E-state index is 11.9. The van der Waals surface area contributed by atoms with Crippen molar-refractivity contribution in [1.82, 2.24) is 15.1 Å². The second-order valence-electron chi connectivity index (χ2n) is 5.23. The molecular weight excluding hydrogens is 310 g/mol. The number of benzene rings is 1. The Bertz CT molecular complexity index is 672. The highest BCUT2D eigenvalue weighted by Crippen LogP contribution is 2.10. The van der Waals surface area contributed by atoms with Crippen molar-refractivity contribution < 1.29 is 14.3 Å². The van der Waals surface area contributed by atoms with Gasteiger partial charge in [0.05, 0.1) is 6.61 Å². The van der Waals surface area contributed by atoms with E-state index in [0.717, 1.165) is 5.56 Å². The number of hydrogen-bond acceptors (Lipinski definition) is 5. The Morgan fingerprint density at radius 2 is 2.21 bits per heavy atom. The molecule has 8 nitrogen and oxygen atoms in total. The summed E-state index contributed by atoms with van der Waals surface area (Å²) in [5, 5.41) is 9.51. The van der Waals surface area contributed by atoms with Crippen LogP contribution < -0.4 is 16.4 Å². The summed E-state index contributed by atoms with van der Waals surface area (Å²) in [5.74, 6) is -0.466. The fourth-order valence-electron chi connectivity index (χ4n) is 2.08. The van der Waals surface area contributed by atoms with Gasteiger partial charge in [-0.25, -0.2) is 0 Å². The van der Waals surface area contributed by atoms with Gasteiger partial charge in [-0.3, -0.25) is 14.3 Å². The molecule has 0 radical (unpaired) electrons. The third-order valence-electron chi connectivity index (χ3n) is 3.23. The molecule has 128 valence electrons. The van der Waals surface area contributed by atoms with Crippen molar-refractivity contribution in [1.29, 1.82) is 0 Å². The number of rotatable bonds is 8. The lowest BCUT2D eigenvalue weighted by Crippen LogP contribution is -2.43. The number of ether oxygens (including phenoxy) is 1. The highest BCUT2D eigenvalue weighted by Gasteiger charge is 2.12. The lowest BCUT2D eigenvalue weighted by atomic mass is 10.2. The maximum absolute atomic E-state index is 11.9. The number of aromatic nitrogens is 2. The van der Waals surface area contributed by atoms with E-state index in [1.165, 1.54) is 11.8 Å². The molecule has 0 spiro atoms. The molecule has 2 aromatic rings. The number of nitrogens with two attached hydrogens (primary N) is 1. The predicted molar refractivity (Wildman–Crippen MR) is 89.0 cm³/mol. The van der Waals surface area contributed by atoms with Crippen LogP contribution >= 0.6 is 0 Å². The van der Waals surface area contributed by atoms with Crippen molar-refractivity contribution in [3.05, 3.63) is 48.3 Å². The molecular formula is C16H21N5O3. The summed E-state index contributed by atoms with van der Waals surface area (Å²) in [4.78, 5) is 23.7. The van der Waals surface area contributed by atoms with E-state index >= 15 is 0 Å². The predicted octanol–water partition coefficient (Wildman–Crippen LogP) is 0.112. The standard InChI is InChI=1S/C16H21N5O3/c1-24-11-14(17)16(23)18-9-12-4-2-5-13(8-12)20-15(22)10-21-7-3-6-19-21/h2-8,14H,9-11,17H2,1H3,(H,18,23)(H,20,22). The van der Waals surface area contributed by atoms with E-state index in [1.54, 1.807) is 36.7 Å². The number of carbonyl (C=O) groups is 2. The first kappa shape index (κ1) is 17.6. The average Bonchev–Trinajstić information content (AvgIpc) is 3.06. The normalized spacial score (nSPS) is 11.8. The van der Waals surface area contributed by atoms with Crippen molar-refractivity contribution in [3.8, 4) is 0 Å². The van der Waals surface area contributed by atoms with E-state index in [-0.39, 0.29) is 25.0 Å². The zero-order valence-electron chi connectivity index (χ0n) is 13.4. The summed E-state index contributed by atoms with van der Waals surface area (Å²) >= 11 is 0. The number of carbonyl (C=O) groups excluding carboxylic acids is 2. The fourth-order valence-corrected chi connectivity index (χ4v) is 2.08. The second kappa shape index (κ2) is 8.80. The van der Waals surface area contributed by atoms with Crippen LogP contribution in [0.15, 0.2) is 42.7 Å². The lowest BCUT2D eigenvalue weighted by molar-refractivity contribution is -0.123. The van der Waals surface area contributed by atoms with Gasteiger partial charge in [0.15, 0.2) is 0 Å². The molecule has 1 heterocycles. The monoisotopic (exact) mass is 331 g/mol. The van der Waals surface area contributed by atoms with Crippen LogP contribution in [0.5, 0.6) is 0 Å². The van der Waals surface area contributed by atoms with Crippen LogP contribution in [0.25, 0.3) is 0 Å². The van der Waals surface area contributed by atoms with Crippen LogP contribution in [0.4, 0.5) is 5.69 Å². The van der Waals surface area contributed by atoms with Crippen molar-refractivity contribution in [2.45, 2.75) is 19.1 Å². The quantitative estimate of drug-likeness (QED) is 0.636. The SMILES string of the molecule is COCC(N)C(=O)NCc1cccc(NC(=O)Cn2cccn2)c1. The first-order valence-corrected chi connectivity index (χ1v) is 7.47. The molecule has 2 amide bonds. The van der Waals surface area contributed by atoms with Crippen LogP contribution in [-0.4, -0.2) is 41.4 Å². The molecule has 2 rings (SSSR count). The van der Waals surface area contributed by atoms with Crippen molar-refractivity contribution >= 4 is 17.5 Å². The van der Waals surface area contributed by atoms with Crippen LogP contribution in [0.3, 0.4) is 0 Å². The molecule has 0 saturated heterocycles. The Hall–Kier alpha value is -2.71. The van der Waals surface area contributed by atoms with E-state index < -0.39 is 6.04 Å². The number of hydrogen-bond donors (Lipinski definition) is 3. The molecule has 0 saturated carbocycles. The van der Waals surface area contributed by atoms with Gasteiger partial charge in [0.25, 0.3) is 0 Å². The topological polar surface area (TPSA) is 111 Å². The average molecular weight is 331 g/mol. The fraction of sp³-hybridized carbons (Fsp3) is 0.312. The molecule has 1 aromatic carbocycles. The highest BCUT2D eigenvalue weighted by atomic mass is 16.5. The molecule has 24 heavy (non-hydrogen) atoms. The molecule has 4 N–H and O–H groups in total. The van der Waals surface area contributed by atoms with Crippen molar-refractivity contribution in [2.75, 3.05) is 19.0 Å². The van der Waals surface area contributed by atoms with Gasteiger partial charge >= 0.3 is 0 Å². The van der Waals surface area contributed by atoms with Gasteiger partial charge in [-0.2, -0.15) is 5.10 Å². The molecule has 0 aliphatic carbocycles. The minimum atomic E-state index is -0.702. The minimum Gasteiger partial charge on any atom is -0.383 e. The second-order valence-corrected chi connectivity index (χ2v) is 5.23. The van der Waals surface area contributed by atoms with E-state index in [2.05, 4.69) is 15.7 Å². The molecule has 1 aromatic heterocycles. The number of methoxy groups -OCH3 is 1. The van der Waals surface area contributed by atoms with Crippen molar-refractivity contribution in [2.24, 2.45) is 5.73 Å². The lowest BCUT2D eigenvalue weighted by Gasteiger charge is -2.12. The largest absolute Gasteiger partial charge is 0.383 e. The van der Waals surface area contributed by atoms with Gasteiger partial charge in [-0.15, -0.1) is 0 Å². The number of nitrogens with zero attached hydrogens (tertiary/aromatic N) is 2. The Morgan fingerprint density at radius 1 is 1.38 bits per heavy atom. The number of anilines is 1. The first-order valence-electron chi connectivity index (χ1n) is 7.47. The summed E-state index contributed by atoms with van der Waals surface area (Å²) in [5.41, 5.74) is 7.15. The van der Waals surface area contributed by atoms with Gasteiger partial charge in [0.1, 0.15) is 12.6 Å². The molecule has 1 atom stereocenters. The molecule has 1 unspecified atom stereocenters. The van der Waals surface area contributed by atoms with Crippen LogP contribution in [0.1, 0.15) is 5.56 Å². The summed E-state index contributed by atoms with van der Waals surface area (Å²) in [6.07, 6.45) is 3.33. The van der Waals surface area contributed by atoms with Crippen LogP contribution in [0.2, 0.25) is 0 Å². The third kappa shape index (κ3) is 5.49. The van der Waals surface area contributed by atoms with E-state index in [9.17, 15) is 9.59 Å². The minimum absolute atomic E-state index is 0.139. The van der Waals surface area contributed by atoms with Gasteiger partial charge in [-0.05, 0) is 23.8 Å². The molecule has 0 fully saturated rings. The zero-order chi connectivity index (χ0) is 17.4. The van der Waals surface area contributed by atoms with Gasteiger partial charge in [0.2, 0.25) is 11.8 Å². The Kier molecular flexibility index (Phi) is 6.47. The smallest absolute Gasteiger partial charge is 0.246 e. The molecule has 0 bridgehead atoms. The van der Waals surface area contributed by atoms with Gasteiger partial charge in [-0.1, -0.05) is 12.1 Å².